The number of amides is 3. The van der Waals surface area contributed by atoms with Crippen molar-refractivity contribution in [3.63, 3.8) is 0 Å². The summed E-state index contributed by atoms with van der Waals surface area (Å²) in [6, 6.07) is 33.9. The summed E-state index contributed by atoms with van der Waals surface area (Å²) in [5, 5.41) is 37.9. The Balaban J connectivity index is 0.677. The van der Waals surface area contributed by atoms with Crippen LogP contribution in [0.1, 0.15) is 66.4 Å². The third kappa shape index (κ3) is 11.4. The predicted molar refractivity (Wildman–Crippen MR) is 291 cm³/mol. The first-order valence-electron chi connectivity index (χ1n) is 24.8. The zero-order valence-electron chi connectivity index (χ0n) is 41.6. The molecule has 19 nitrogen and oxygen atoms in total. The molecule has 10 rings (SSSR count). The lowest BCUT2D eigenvalue weighted by Gasteiger charge is -2.38. The summed E-state index contributed by atoms with van der Waals surface area (Å²) in [6.45, 7) is 3.48. The number of aryl methyl sites for hydroxylation is 1. The zero-order valence-corrected chi connectivity index (χ0v) is 43.3. The second-order valence-electron chi connectivity index (χ2n) is 18.8. The molecule has 6 heterocycles. The van der Waals surface area contributed by atoms with Gasteiger partial charge < -0.3 is 20.6 Å². The normalized spacial score (nSPS) is 13.8. The Hall–Kier alpha value is -8.53. The first-order valence-corrected chi connectivity index (χ1v) is 26.5. The largest absolute Gasteiger partial charge is 0.388 e. The number of aromatic amines is 1. The number of hydrogen-bond donors (Lipinski definition) is 4. The number of azo groups is 1. The first-order chi connectivity index (χ1) is 36.9. The van der Waals surface area contributed by atoms with Crippen LogP contribution in [0.5, 0.6) is 0 Å². The number of benzene rings is 4. The number of likely N-dealkylation sites (tertiary alicyclic amines) is 1. The fourth-order valence-corrected chi connectivity index (χ4v) is 10.4. The Morgan fingerprint density at radius 2 is 1.55 bits per heavy atom. The molecular weight excluding hydrogens is 1000 g/mol. The first kappa shape index (κ1) is 51.0. The molecule has 76 heavy (non-hydrogen) atoms. The summed E-state index contributed by atoms with van der Waals surface area (Å²) in [6.07, 6.45) is 4.78. The molecule has 386 valence electrons. The lowest BCUT2D eigenvalue weighted by atomic mass is 9.90. The molecule has 1 aliphatic heterocycles. The van der Waals surface area contributed by atoms with Crippen molar-refractivity contribution in [3.8, 4) is 38.9 Å². The number of nitrogens with one attached hydrogen (secondary N) is 3. The van der Waals surface area contributed by atoms with Crippen molar-refractivity contribution in [2.75, 3.05) is 19.6 Å². The van der Waals surface area contributed by atoms with E-state index in [0.717, 1.165) is 27.8 Å². The Labute approximate surface area is 443 Å². The van der Waals surface area contributed by atoms with Crippen LogP contribution in [-0.4, -0.2) is 92.0 Å². The second kappa shape index (κ2) is 22.5. The standard InChI is InChI=1S/C55H53N13O6S2/c1-35(37-10-5-3-6-11-37)30-44(70)66-27-23-55(74,24-28-66)33-67-34-59-46-48(51(67)72)63-65(2)49(46)40-17-15-36(16-18-40)31-58-43(69)14-9-25-56-50(71)41-21-19-38(20-22-41)42-32-76-54(60-42)68-52(73)47(61-62-53-57-26-29-75-53)45(64-68)39-12-7-4-8-13-39/h3-8,10-13,15-22,26,29,32,34-35,64,74H,9,14,23-25,27-28,30-31,33H2,1-2H3,(H,56,71)(H,58,69)/t35-/m1/s1. The highest BCUT2D eigenvalue weighted by Gasteiger charge is 2.35. The fourth-order valence-electron chi connectivity index (χ4n) is 9.20. The maximum atomic E-state index is 13.7. The highest BCUT2D eigenvalue weighted by atomic mass is 32.1. The average Bonchev–Trinajstić information content (AvgIpc) is 4.29. The summed E-state index contributed by atoms with van der Waals surface area (Å²) < 4.78 is 4.37. The van der Waals surface area contributed by atoms with Crippen LogP contribution < -0.4 is 21.8 Å². The molecular formula is C55H53N13O6S2. The molecule has 0 radical (unpaired) electrons. The van der Waals surface area contributed by atoms with Gasteiger partial charge in [0, 0.05) is 85.3 Å². The zero-order chi connectivity index (χ0) is 52.8. The van der Waals surface area contributed by atoms with Gasteiger partial charge in [-0.25, -0.2) is 15.0 Å². The van der Waals surface area contributed by atoms with Gasteiger partial charge in [0.2, 0.25) is 22.1 Å². The summed E-state index contributed by atoms with van der Waals surface area (Å²) in [5.41, 5.74) is 5.32. The predicted octanol–water partition coefficient (Wildman–Crippen LogP) is 8.31. The number of rotatable bonds is 18. The molecule has 0 saturated carbocycles. The Morgan fingerprint density at radius 1 is 0.829 bits per heavy atom. The fraction of sp³-hybridized carbons (Fsp3) is 0.255. The molecule has 0 unspecified atom stereocenters. The van der Waals surface area contributed by atoms with Gasteiger partial charge >= 0.3 is 5.56 Å². The van der Waals surface area contributed by atoms with Crippen LogP contribution in [0.2, 0.25) is 0 Å². The number of nitrogens with zero attached hydrogens (tertiary/aromatic N) is 10. The molecule has 1 aliphatic rings. The third-order valence-corrected chi connectivity index (χ3v) is 14.9. The number of H-pyrrole nitrogens is 1. The summed E-state index contributed by atoms with van der Waals surface area (Å²) >= 11 is 2.59. The summed E-state index contributed by atoms with van der Waals surface area (Å²) in [7, 11) is 1.75. The van der Waals surface area contributed by atoms with Gasteiger partial charge in [-0.2, -0.15) is 9.78 Å². The molecule has 1 fully saturated rings. The van der Waals surface area contributed by atoms with E-state index in [1.807, 2.05) is 97.2 Å². The van der Waals surface area contributed by atoms with E-state index in [-0.39, 0.29) is 53.4 Å². The highest BCUT2D eigenvalue weighted by Crippen LogP contribution is 2.32. The van der Waals surface area contributed by atoms with Gasteiger partial charge in [-0.1, -0.05) is 104 Å². The number of hydrogen-bond acceptors (Lipinski definition) is 14. The van der Waals surface area contributed by atoms with E-state index in [1.165, 1.54) is 38.2 Å². The lowest BCUT2D eigenvalue weighted by molar-refractivity contribution is -0.136. The van der Waals surface area contributed by atoms with E-state index in [0.29, 0.717) is 90.3 Å². The van der Waals surface area contributed by atoms with E-state index < -0.39 is 11.2 Å². The average molecular weight is 1060 g/mol. The number of piperidine rings is 1. The van der Waals surface area contributed by atoms with Gasteiger partial charge in [0.15, 0.2) is 11.2 Å². The van der Waals surface area contributed by atoms with Crippen LogP contribution in [0, 0.1) is 0 Å². The molecule has 1 atom stereocenters. The van der Waals surface area contributed by atoms with E-state index >= 15 is 0 Å². The molecule has 4 N–H and O–H groups in total. The van der Waals surface area contributed by atoms with Crippen molar-refractivity contribution < 1.29 is 19.5 Å². The third-order valence-electron chi connectivity index (χ3n) is 13.5. The van der Waals surface area contributed by atoms with Gasteiger partial charge in [-0.3, -0.25) is 38.3 Å². The molecule has 21 heteroatoms. The molecule has 0 spiro atoms. The monoisotopic (exact) mass is 1060 g/mol. The summed E-state index contributed by atoms with van der Waals surface area (Å²) in [5.74, 6) is -0.296. The molecule has 9 aromatic rings. The highest BCUT2D eigenvalue weighted by molar-refractivity contribution is 7.13. The van der Waals surface area contributed by atoms with Gasteiger partial charge in [-0.05, 0) is 48.4 Å². The van der Waals surface area contributed by atoms with Crippen LogP contribution in [0.4, 0.5) is 10.8 Å². The minimum absolute atomic E-state index is 0.0385. The van der Waals surface area contributed by atoms with Crippen LogP contribution in [0.15, 0.2) is 152 Å². The maximum Gasteiger partial charge on any atom is 0.301 e. The van der Waals surface area contributed by atoms with Crippen LogP contribution in [0.3, 0.4) is 0 Å². The quantitative estimate of drug-likeness (QED) is 0.0473. The van der Waals surface area contributed by atoms with Crippen molar-refractivity contribution in [2.45, 2.75) is 63.6 Å². The molecule has 5 aromatic heterocycles. The molecule has 4 aromatic carbocycles. The number of aliphatic hydroxyl groups is 1. The Bertz CT molecular complexity index is 3650. The minimum Gasteiger partial charge on any atom is -0.388 e. The van der Waals surface area contributed by atoms with Gasteiger partial charge in [-0.15, -0.1) is 32.9 Å². The van der Waals surface area contributed by atoms with Crippen LogP contribution >= 0.6 is 22.7 Å². The lowest BCUT2D eigenvalue weighted by Crippen LogP contribution is -2.49. The van der Waals surface area contributed by atoms with Crippen molar-refractivity contribution in [1.29, 1.82) is 0 Å². The van der Waals surface area contributed by atoms with Crippen molar-refractivity contribution in [1.82, 2.24) is 54.6 Å². The number of carbonyl (C=O) groups is 3. The van der Waals surface area contributed by atoms with Gasteiger partial charge in [0.05, 0.1) is 35.6 Å². The molecule has 1 saturated heterocycles. The van der Waals surface area contributed by atoms with E-state index in [1.54, 1.807) is 52.5 Å². The second-order valence-corrected chi connectivity index (χ2v) is 20.5. The topological polar surface area (TPSA) is 240 Å². The molecule has 3 amide bonds. The maximum absolute atomic E-state index is 13.7. The van der Waals surface area contributed by atoms with Crippen LogP contribution in [0.25, 0.3) is 49.9 Å². The minimum atomic E-state index is -1.18. The molecule has 0 aliphatic carbocycles. The van der Waals surface area contributed by atoms with Gasteiger partial charge in [0.1, 0.15) is 5.52 Å². The smallest absolute Gasteiger partial charge is 0.301 e. The SMILES string of the molecule is C[C@H](CC(=O)N1CCC(O)(Cn2cnc3c(-c4ccc(CNC(=O)CCCNC(=O)c5ccc(-c6csc(-n7[nH]c(-c8ccccc8)c(N=Nc8nccs8)c7=O)n6)cc5)cc4)n(C)nc3c2=O)CC1)c1ccccc1. The van der Waals surface area contributed by atoms with Crippen molar-refractivity contribution in [2.24, 2.45) is 17.3 Å². The summed E-state index contributed by atoms with van der Waals surface area (Å²) in [4.78, 5) is 81.6. The molecule has 0 bridgehead atoms. The Morgan fingerprint density at radius 3 is 2.28 bits per heavy atom. The Kier molecular flexibility index (Phi) is 15.1. The number of thiazole rings is 2. The van der Waals surface area contributed by atoms with Crippen molar-refractivity contribution in [3.05, 3.63) is 170 Å². The van der Waals surface area contributed by atoms with Gasteiger partial charge in [0.25, 0.3) is 11.5 Å². The number of aromatic nitrogens is 8. The van der Waals surface area contributed by atoms with Crippen LogP contribution in [-0.2, 0) is 29.7 Å². The number of fused-ring (bicyclic) bond motifs is 1. The van der Waals surface area contributed by atoms with E-state index in [4.69, 9.17) is 4.98 Å². The van der Waals surface area contributed by atoms with E-state index in [2.05, 4.69) is 41.0 Å². The number of carbonyl (C=O) groups excluding carboxylic acids is 3. The van der Waals surface area contributed by atoms with E-state index in [9.17, 15) is 29.1 Å². The van der Waals surface area contributed by atoms with Crippen molar-refractivity contribution >= 4 is 62.2 Å².